The molecule has 0 spiro atoms. The van der Waals surface area contributed by atoms with E-state index in [2.05, 4.69) is 4.98 Å². The van der Waals surface area contributed by atoms with Gasteiger partial charge in [0.1, 0.15) is 17.4 Å². The SMILES string of the molecule is NC(=O)C1CC(O)CN1C(=O)c1cc([N+](=O)[O-])cnc1Cl. The number of nitrogens with zero attached hydrogens (tertiary/aromatic N) is 3. The van der Waals surface area contributed by atoms with Crippen LogP contribution in [-0.2, 0) is 4.79 Å². The first-order chi connectivity index (χ1) is 9.81. The number of nitrogens with two attached hydrogens (primary N) is 1. The van der Waals surface area contributed by atoms with E-state index in [0.29, 0.717) is 0 Å². The zero-order valence-electron chi connectivity index (χ0n) is 10.6. The molecule has 0 aliphatic carbocycles. The van der Waals surface area contributed by atoms with Crippen LogP contribution in [0.2, 0.25) is 5.15 Å². The minimum atomic E-state index is -0.983. The first-order valence-electron chi connectivity index (χ1n) is 5.89. The van der Waals surface area contributed by atoms with Crippen LogP contribution in [0.5, 0.6) is 0 Å². The third-order valence-electron chi connectivity index (χ3n) is 3.13. The summed E-state index contributed by atoms with van der Waals surface area (Å²) in [4.78, 5) is 38.3. The molecule has 2 rings (SSSR count). The van der Waals surface area contributed by atoms with Gasteiger partial charge in [-0.3, -0.25) is 19.7 Å². The van der Waals surface area contributed by atoms with E-state index in [0.717, 1.165) is 17.2 Å². The summed E-state index contributed by atoms with van der Waals surface area (Å²) in [6, 6.07) is -0.0109. The lowest BCUT2D eigenvalue weighted by Crippen LogP contribution is -2.43. The number of pyridine rings is 1. The van der Waals surface area contributed by atoms with Crippen molar-refractivity contribution in [2.45, 2.75) is 18.6 Å². The maximum absolute atomic E-state index is 12.4. The number of amides is 2. The second kappa shape index (κ2) is 5.62. The molecule has 10 heteroatoms. The van der Waals surface area contributed by atoms with Gasteiger partial charge < -0.3 is 15.7 Å². The molecule has 1 fully saturated rings. The number of hydrogen-bond acceptors (Lipinski definition) is 6. The van der Waals surface area contributed by atoms with Crippen LogP contribution in [0.3, 0.4) is 0 Å². The van der Waals surface area contributed by atoms with Gasteiger partial charge in [0, 0.05) is 19.0 Å². The molecule has 9 nitrogen and oxygen atoms in total. The summed E-state index contributed by atoms with van der Waals surface area (Å²) in [5, 5.41) is 20.1. The first-order valence-corrected chi connectivity index (χ1v) is 6.27. The fourth-order valence-electron chi connectivity index (χ4n) is 2.15. The number of likely N-dealkylation sites (tertiary alicyclic amines) is 1. The number of rotatable bonds is 3. The Balaban J connectivity index is 2.37. The molecule has 1 aliphatic rings. The number of aromatic nitrogens is 1. The van der Waals surface area contributed by atoms with Gasteiger partial charge in [0.2, 0.25) is 5.91 Å². The van der Waals surface area contributed by atoms with E-state index in [9.17, 15) is 24.8 Å². The quantitative estimate of drug-likeness (QED) is 0.446. The highest BCUT2D eigenvalue weighted by Crippen LogP contribution is 2.25. The Morgan fingerprint density at radius 2 is 2.24 bits per heavy atom. The van der Waals surface area contributed by atoms with Crippen molar-refractivity contribution < 1.29 is 19.6 Å². The molecule has 0 saturated carbocycles. The third-order valence-corrected chi connectivity index (χ3v) is 3.44. The molecular weight excluding hydrogens is 304 g/mol. The van der Waals surface area contributed by atoms with E-state index in [1.54, 1.807) is 0 Å². The number of primary amides is 1. The molecule has 112 valence electrons. The maximum atomic E-state index is 12.4. The van der Waals surface area contributed by atoms with Crippen molar-refractivity contribution in [2.75, 3.05) is 6.54 Å². The normalized spacial score (nSPS) is 21.3. The zero-order chi connectivity index (χ0) is 15.7. The molecule has 1 aromatic rings. The predicted molar refractivity (Wildman–Crippen MR) is 70.5 cm³/mol. The number of halogens is 1. The number of nitro groups is 1. The van der Waals surface area contributed by atoms with E-state index in [-0.39, 0.29) is 23.7 Å². The van der Waals surface area contributed by atoms with Crippen molar-refractivity contribution in [3.63, 3.8) is 0 Å². The second-order valence-corrected chi connectivity index (χ2v) is 4.91. The third kappa shape index (κ3) is 2.93. The van der Waals surface area contributed by atoms with E-state index in [1.807, 2.05) is 0 Å². The lowest BCUT2D eigenvalue weighted by Gasteiger charge is -2.22. The highest BCUT2D eigenvalue weighted by atomic mass is 35.5. The van der Waals surface area contributed by atoms with Gasteiger partial charge in [0.15, 0.2) is 0 Å². The van der Waals surface area contributed by atoms with Crippen LogP contribution < -0.4 is 5.73 Å². The zero-order valence-corrected chi connectivity index (χ0v) is 11.4. The van der Waals surface area contributed by atoms with Crippen LogP contribution in [0.25, 0.3) is 0 Å². The average Bonchev–Trinajstić information content (AvgIpc) is 2.80. The smallest absolute Gasteiger partial charge is 0.288 e. The van der Waals surface area contributed by atoms with Crippen LogP contribution >= 0.6 is 11.6 Å². The van der Waals surface area contributed by atoms with E-state index >= 15 is 0 Å². The Labute approximate surface area is 123 Å². The summed E-state index contributed by atoms with van der Waals surface area (Å²) in [6.07, 6.45) is 0.0433. The van der Waals surface area contributed by atoms with Gasteiger partial charge in [0.05, 0.1) is 16.6 Å². The maximum Gasteiger partial charge on any atom is 0.288 e. The molecule has 2 heterocycles. The van der Waals surface area contributed by atoms with Crippen LogP contribution in [0.15, 0.2) is 12.3 Å². The monoisotopic (exact) mass is 314 g/mol. The molecule has 2 atom stereocenters. The summed E-state index contributed by atoms with van der Waals surface area (Å²) >= 11 is 5.78. The van der Waals surface area contributed by atoms with Gasteiger partial charge in [0.25, 0.3) is 11.6 Å². The standard InChI is InChI=1S/C11H11ClN4O5/c12-9-7(1-5(3-14-9)16(20)21)11(19)15-4-6(17)2-8(15)10(13)18/h1,3,6,8,17H,2,4H2,(H2,13,18). The van der Waals surface area contributed by atoms with E-state index in [4.69, 9.17) is 17.3 Å². The first kappa shape index (κ1) is 15.1. The molecule has 0 radical (unpaired) electrons. The lowest BCUT2D eigenvalue weighted by atomic mass is 10.1. The van der Waals surface area contributed by atoms with Gasteiger partial charge in [-0.2, -0.15) is 0 Å². The van der Waals surface area contributed by atoms with Crippen LogP contribution in [0.1, 0.15) is 16.8 Å². The van der Waals surface area contributed by atoms with Crippen molar-refractivity contribution in [2.24, 2.45) is 5.73 Å². The molecule has 0 bridgehead atoms. The van der Waals surface area contributed by atoms with Gasteiger partial charge in [-0.05, 0) is 0 Å². The van der Waals surface area contributed by atoms with Gasteiger partial charge in [-0.25, -0.2) is 4.98 Å². The average molecular weight is 315 g/mol. The van der Waals surface area contributed by atoms with Gasteiger partial charge in [-0.1, -0.05) is 11.6 Å². The Morgan fingerprint density at radius 3 is 2.81 bits per heavy atom. The minimum Gasteiger partial charge on any atom is -0.391 e. The predicted octanol–water partition coefficient (Wildman–Crippen LogP) is -0.296. The summed E-state index contributed by atoms with van der Waals surface area (Å²) in [7, 11) is 0. The largest absolute Gasteiger partial charge is 0.391 e. The van der Waals surface area contributed by atoms with Crippen LogP contribution in [0.4, 0.5) is 5.69 Å². The molecular formula is C11H11ClN4O5. The van der Waals surface area contributed by atoms with Crippen molar-refractivity contribution in [3.8, 4) is 0 Å². The van der Waals surface area contributed by atoms with E-state index in [1.165, 1.54) is 0 Å². The number of carbonyl (C=O) groups excluding carboxylic acids is 2. The number of hydrogen-bond donors (Lipinski definition) is 2. The summed E-state index contributed by atoms with van der Waals surface area (Å²) in [5.41, 5.74) is 4.56. The minimum absolute atomic E-state index is 0.0149. The van der Waals surface area contributed by atoms with Gasteiger partial charge >= 0.3 is 0 Å². The van der Waals surface area contributed by atoms with Crippen LogP contribution in [-0.4, -0.2) is 50.4 Å². The Hall–Kier alpha value is -2.26. The Bertz CT molecular complexity index is 623. The fourth-order valence-corrected chi connectivity index (χ4v) is 2.33. The summed E-state index contributed by atoms with van der Waals surface area (Å²) < 4.78 is 0. The molecule has 1 aliphatic heterocycles. The molecule has 2 unspecified atom stereocenters. The number of carbonyl (C=O) groups is 2. The van der Waals surface area contributed by atoms with Crippen molar-refractivity contribution in [3.05, 3.63) is 33.1 Å². The number of aliphatic hydroxyl groups is 1. The molecule has 3 N–H and O–H groups in total. The Kier molecular flexibility index (Phi) is 4.05. The highest BCUT2D eigenvalue weighted by Gasteiger charge is 2.39. The molecule has 2 amide bonds. The molecule has 1 aromatic heterocycles. The van der Waals surface area contributed by atoms with Crippen molar-refractivity contribution in [1.82, 2.24) is 9.88 Å². The molecule has 21 heavy (non-hydrogen) atoms. The number of aliphatic hydroxyl groups excluding tert-OH is 1. The number of β-amino-alcohol motifs (C(OH)–C–C–N with tert-alkyl or cyclic N) is 1. The van der Waals surface area contributed by atoms with Gasteiger partial charge in [-0.15, -0.1) is 0 Å². The van der Waals surface area contributed by atoms with Crippen molar-refractivity contribution in [1.29, 1.82) is 0 Å². The molecule has 0 aromatic carbocycles. The van der Waals surface area contributed by atoms with E-state index < -0.39 is 34.6 Å². The second-order valence-electron chi connectivity index (χ2n) is 4.55. The fraction of sp³-hybridized carbons (Fsp3) is 0.364. The summed E-state index contributed by atoms with van der Waals surface area (Å²) in [6.45, 7) is -0.106. The molecule has 1 saturated heterocycles. The highest BCUT2D eigenvalue weighted by molar-refractivity contribution is 6.32. The van der Waals surface area contributed by atoms with Crippen LogP contribution in [0, 0.1) is 10.1 Å². The topological polar surface area (TPSA) is 140 Å². The lowest BCUT2D eigenvalue weighted by molar-refractivity contribution is -0.385. The van der Waals surface area contributed by atoms with Crippen molar-refractivity contribution >= 4 is 29.1 Å². The Morgan fingerprint density at radius 1 is 1.57 bits per heavy atom. The summed E-state index contributed by atoms with van der Waals surface area (Å²) in [5.74, 6) is -1.51.